The van der Waals surface area contributed by atoms with Gasteiger partial charge in [0.25, 0.3) is 11.8 Å². The molecule has 1 aromatic carbocycles. The highest BCUT2D eigenvalue weighted by Crippen LogP contribution is 2.18. The third-order valence-corrected chi connectivity index (χ3v) is 5.34. The van der Waals surface area contributed by atoms with Crippen LogP contribution in [0.15, 0.2) is 48.9 Å². The highest BCUT2D eigenvalue weighted by Gasteiger charge is 2.12. The van der Waals surface area contributed by atoms with Crippen LogP contribution < -0.4 is 10.6 Å². The average molecular weight is 446 g/mol. The van der Waals surface area contributed by atoms with Crippen LogP contribution in [0.3, 0.4) is 0 Å². The first kappa shape index (κ1) is 23.9. The molecule has 172 valence electrons. The molecular formula is C26H31N5O2. The Kier molecular flexibility index (Phi) is 7.77. The van der Waals surface area contributed by atoms with Gasteiger partial charge in [0.1, 0.15) is 5.69 Å². The molecule has 2 N–H and O–H groups in total. The molecule has 2 aromatic heterocycles. The molecule has 0 bridgehead atoms. The summed E-state index contributed by atoms with van der Waals surface area (Å²) in [5, 5.41) is 10.1. The summed E-state index contributed by atoms with van der Waals surface area (Å²) < 4.78 is 1.92. The molecular weight excluding hydrogens is 414 g/mol. The second-order valence-corrected chi connectivity index (χ2v) is 8.26. The Balaban J connectivity index is 1.61. The normalized spacial score (nSPS) is 12.0. The van der Waals surface area contributed by atoms with Gasteiger partial charge in [-0.1, -0.05) is 29.8 Å². The largest absolute Gasteiger partial charge is 0.351 e. The quantitative estimate of drug-likeness (QED) is 0.551. The van der Waals surface area contributed by atoms with E-state index in [1.54, 1.807) is 6.07 Å². The number of hydrogen-bond acceptors (Lipinski definition) is 4. The van der Waals surface area contributed by atoms with Crippen LogP contribution in [0.25, 0.3) is 6.08 Å². The van der Waals surface area contributed by atoms with Gasteiger partial charge in [-0.15, -0.1) is 0 Å². The molecule has 0 spiro atoms. The molecule has 33 heavy (non-hydrogen) atoms. The van der Waals surface area contributed by atoms with Crippen LogP contribution in [0.1, 0.15) is 62.5 Å². The van der Waals surface area contributed by atoms with Crippen molar-refractivity contribution in [3.05, 3.63) is 88.0 Å². The monoisotopic (exact) mass is 445 g/mol. The predicted molar refractivity (Wildman–Crippen MR) is 130 cm³/mol. The molecule has 2 heterocycles. The number of aryl methyl sites for hydroxylation is 3. The van der Waals surface area contributed by atoms with Gasteiger partial charge < -0.3 is 10.6 Å². The van der Waals surface area contributed by atoms with E-state index < -0.39 is 0 Å². The van der Waals surface area contributed by atoms with E-state index in [1.807, 2.05) is 43.1 Å². The van der Waals surface area contributed by atoms with E-state index in [0.29, 0.717) is 18.7 Å². The summed E-state index contributed by atoms with van der Waals surface area (Å²) in [6.45, 7) is 11.3. The highest BCUT2D eigenvalue weighted by atomic mass is 16.2. The van der Waals surface area contributed by atoms with Gasteiger partial charge in [-0.3, -0.25) is 19.3 Å². The Bertz CT molecular complexity index is 1160. The van der Waals surface area contributed by atoms with Gasteiger partial charge in [-0.05, 0) is 63.4 Å². The second-order valence-electron chi connectivity index (χ2n) is 8.26. The van der Waals surface area contributed by atoms with Gasteiger partial charge in [-0.2, -0.15) is 5.10 Å². The maximum absolute atomic E-state index is 12.6. The SMILES string of the molecule is CCNC(=O)c1cc(C(=O)N[C@@H](C)C=Cc2cnn(Cc3c(C)cc(C)cc3C)c2)ccn1. The first-order valence-corrected chi connectivity index (χ1v) is 11.1. The number of rotatable bonds is 8. The number of hydrogen-bond donors (Lipinski definition) is 2. The lowest BCUT2D eigenvalue weighted by Crippen LogP contribution is -2.31. The van der Waals surface area contributed by atoms with E-state index in [1.165, 1.54) is 34.5 Å². The van der Waals surface area contributed by atoms with Gasteiger partial charge in [0.2, 0.25) is 0 Å². The van der Waals surface area contributed by atoms with Gasteiger partial charge in [-0.25, -0.2) is 0 Å². The van der Waals surface area contributed by atoms with E-state index in [0.717, 1.165) is 5.56 Å². The van der Waals surface area contributed by atoms with Crippen molar-refractivity contribution >= 4 is 17.9 Å². The lowest BCUT2D eigenvalue weighted by Gasteiger charge is -2.11. The summed E-state index contributed by atoms with van der Waals surface area (Å²) >= 11 is 0. The van der Waals surface area contributed by atoms with Gasteiger partial charge in [0, 0.05) is 36.1 Å². The fourth-order valence-corrected chi connectivity index (χ4v) is 3.71. The molecule has 0 aliphatic carbocycles. The van der Waals surface area contributed by atoms with Crippen molar-refractivity contribution in [1.82, 2.24) is 25.4 Å². The number of pyridine rings is 1. The molecule has 0 aliphatic heterocycles. The van der Waals surface area contributed by atoms with Crippen LogP contribution >= 0.6 is 0 Å². The minimum atomic E-state index is -0.298. The van der Waals surface area contributed by atoms with Crippen molar-refractivity contribution in [2.75, 3.05) is 6.54 Å². The Morgan fingerprint density at radius 1 is 1.12 bits per heavy atom. The number of benzene rings is 1. The maximum Gasteiger partial charge on any atom is 0.269 e. The third kappa shape index (κ3) is 6.38. The highest BCUT2D eigenvalue weighted by molar-refractivity contribution is 5.98. The Morgan fingerprint density at radius 3 is 2.55 bits per heavy atom. The molecule has 0 saturated heterocycles. The lowest BCUT2D eigenvalue weighted by atomic mass is 10.00. The first-order valence-electron chi connectivity index (χ1n) is 11.1. The van der Waals surface area contributed by atoms with Crippen molar-refractivity contribution in [3.63, 3.8) is 0 Å². The van der Waals surface area contributed by atoms with Crippen molar-refractivity contribution in [1.29, 1.82) is 0 Å². The Labute approximate surface area is 194 Å². The van der Waals surface area contributed by atoms with E-state index in [2.05, 4.69) is 53.6 Å². The smallest absolute Gasteiger partial charge is 0.269 e. The molecule has 0 aliphatic rings. The zero-order valence-corrected chi connectivity index (χ0v) is 19.8. The molecule has 7 heteroatoms. The molecule has 1 atom stereocenters. The van der Waals surface area contributed by atoms with E-state index >= 15 is 0 Å². The van der Waals surface area contributed by atoms with Crippen LogP contribution in [0.5, 0.6) is 0 Å². The summed E-state index contributed by atoms with van der Waals surface area (Å²) in [6.07, 6.45) is 9.12. The van der Waals surface area contributed by atoms with Crippen molar-refractivity contribution in [3.8, 4) is 0 Å². The van der Waals surface area contributed by atoms with Crippen molar-refractivity contribution in [2.45, 2.75) is 47.2 Å². The fourth-order valence-electron chi connectivity index (χ4n) is 3.71. The predicted octanol–water partition coefficient (Wildman–Crippen LogP) is 3.83. The van der Waals surface area contributed by atoms with Gasteiger partial charge in [0.05, 0.1) is 12.7 Å². The lowest BCUT2D eigenvalue weighted by molar-refractivity contribution is 0.0947. The van der Waals surface area contributed by atoms with Gasteiger partial charge >= 0.3 is 0 Å². The molecule has 0 radical (unpaired) electrons. The Hall–Kier alpha value is -3.74. The standard InChI is InChI=1S/C26H31N5O2/c1-6-27-26(33)24-13-22(9-10-28-24)25(32)30-20(5)7-8-21-14-29-31(15-21)16-23-18(3)11-17(2)12-19(23)4/h7-15,20H,6,16H2,1-5H3,(H,27,33)(H,30,32)/t20-/m0/s1. The number of carbonyl (C=O) groups excluding carboxylic acids is 2. The van der Waals surface area contributed by atoms with Gasteiger partial charge in [0.15, 0.2) is 0 Å². The number of carbonyl (C=O) groups is 2. The molecule has 7 nitrogen and oxygen atoms in total. The average Bonchev–Trinajstić information content (AvgIpc) is 3.22. The van der Waals surface area contributed by atoms with Crippen LogP contribution in [-0.4, -0.2) is 39.2 Å². The van der Waals surface area contributed by atoms with E-state index in [-0.39, 0.29) is 23.6 Å². The zero-order chi connectivity index (χ0) is 24.0. The van der Waals surface area contributed by atoms with Crippen LogP contribution in [0.4, 0.5) is 0 Å². The van der Waals surface area contributed by atoms with E-state index in [4.69, 9.17) is 0 Å². The fraction of sp³-hybridized carbons (Fsp3) is 0.308. The number of nitrogens with one attached hydrogen (secondary N) is 2. The van der Waals surface area contributed by atoms with Crippen LogP contribution in [-0.2, 0) is 6.54 Å². The molecule has 0 unspecified atom stereocenters. The first-order chi connectivity index (χ1) is 15.8. The summed E-state index contributed by atoms with van der Waals surface area (Å²) in [5.74, 6) is -0.561. The van der Waals surface area contributed by atoms with Crippen LogP contribution in [0, 0.1) is 20.8 Å². The van der Waals surface area contributed by atoms with E-state index in [9.17, 15) is 9.59 Å². The molecule has 3 rings (SSSR count). The molecule has 0 saturated carbocycles. The number of amides is 2. The Morgan fingerprint density at radius 2 is 1.85 bits per heavy atom. The molecule has 2 amide bonds. The van der Waals surface area contributed by atoms with Crippen molar-refractivity contribution in [2.24, 2.45) is 0 Å². The third-order valence-electron chi connectivity index (χ3n) is 5.34. The summed E-state index contributed by atoms with van der Waals surface area (Å²) in [7, 11) is 0. The molecule has 3 aromatic rings. The minimum Gasteiger partial charge on any atom is -0.351 e. The second kappa shape index (κ2) is 10.7. The van der Waals surface area contributed by atoms with Crippen molar-refractivity contribution < 1.29 is 9.59 Å². The number of nitrogens with zero attached hydrogens (tertiary/aromatic N) is 3. The minimum absolute atomic E-state index is 0.205. The van der Waals surface area contributed by atoms with Crippen LogP contribution in [0.2, 0.25) is 0 Å². The summed E-state index contributed by atoms with van der Waals surface area (Å²) in [5.41, 5.74) is 6.65. The maximum atomic E-state index is 12.6. The summed E-state index contributed by atoms with van der Waals surface area (Å²) in [4.78, 5) is 28.5. The summed E-state index contributed by atoms with van der Waals surface area (Å²) in [6, 6.07) is 7.27. The zero-order valence-electron chi connectivity index (χ0n) is 19.8. The topological polar surface area (TPSA) is 88.9 Å². The number of aromatic nitrogens is 3. The molecule has 0 fully saturated rings.